The lowest BCUT2D eigenvalue weighted by Gasteiger charge is -2.40. The van der Waals surface area contributed by atoms with Crippen molar-refractivity contribution in [1.82, 2.24) is 14.9 Å². The van der Waals surface area contributed by atoms with E-state index in [1.807, 2.05) is 18.7 Å². The van der Waals surface area contributed by atoms with Gasteiger partial charge in [0.15, 0.2) is 0 Å². The molecule has 1 amide bonds. The number of nitrogens with one attached hydrogen (secondary N) is 2. The van der Waals surface area contributed by atoms with E-state index in [2.05, 4.69) is 20.6 Å². The first-order chi connectivity index (χ1) is 16.2. The highest BCUT2D eigenvalue weighted by molar-refractivity contribution is 6.31. The molecule has 0 radical (unpaired) electrons. The van der Waals surface area contributed by atoms with E-state index < -0.39 is 5.82 Å². The highest BCUT2D eigenvalue weighted by atomic mass is 35.5. The number of ether oxygens (including phenoxy) is 1. The number of carbonyl (C=O) groups excluding carboxylic acids is 2. The highest BCUT2D eigenvalue weighted by Gasteiger charge is 2.33. The molecule has 1 aliphatic heterocycles. The van der Waals surface area contributed by atoms with Crippen LogP contribution >= 0.6 is 11.6 Å². The molecule has 0 atom stereocenters. The third-order valence-corrected chi connectivity index (χ3v) is 5.73. The summed E-state index contributed by atoms with van der Waals surface area (Å²) in [6, 6.07) is 9.53. The van der Waals surface area contributed by atoms with Crippen molar-refractivity contribution in [3.63, 3.8) is 0 Å². The van der Waals surface area contributed by atoms with Gasteiger partial charge in [0.05, 0.1) is 22.6 Å². The van der Waals surface area contributed by atoms with E-state index in [4.69, 9.17) is 16.3 Å². The Balaban J connectivity index is 1.46. The van der Waals surface area contributed by atoms with Crippen molar-refractivity contribution < 1.29 is 18.7 Å². The molecule has 1 aliphatic rings. The summed E-state index contributed by atoms with van der Waals surface area (Å²) in [6.45, 7) is 4.89. The molecule has 4 rings (SSSR count). The van der Waals surface area contributed by atoms with E-state index in [0.29, 0.717) is 41.2 Å². The monoisotopic (exact) mass is 483 g/mol. The molecule has 2 heterocycles. The van der Waals surface area contributed by atoms with Gasteiger partial charge in [0.25, 0.3) is 0 Å². The lowest BCUT2D eigenvalue weighted by molar-refractivity contribution is -0.159. The van der Waals surface area contributed by atoms with Gasteiger partial charge in [-0.25, -0.2) is 14.4 Å². The largest absolute Gasteiger partial charge is 0.463 e. The summed E-state index contributed by atoms with van der Waals surface area (Å²) in [7, 11) is 0. The van der Waals surface area contributed by atoms with Gasteiger partial charge in [-0.05, 0) is 50.2 Å². The summed E-state index contributed by atoms with van der Waals surface area (Å²) in [6.07, 6.45) is 4.56. The number of benzene rings is 2. The molecule has 0 bridgehead atoms. The van der Waals surface area contributed by atoms with E-state index >= 15 is 0 Å². The maximum atomic E-state index is 13.5. The number of cyclic esters (lactones) is 1. The quantitative estimate of drug-likeness (QED) is 0.398. The minimum absolute atomic E-state index is 0.00654. The normalized spacial score (nSPS) is 15.9. The average Bonchev–Trinajstić information content (AvgIpc) is 2.79. The zero-order chi connectivity index (χ0) is 24.3. The van der Waals surface area contributed by atoms with E-state index in [-0.39, 0.29) is 29.0 Å². The minimum Gasteiger partial charge on any atom is -0.463 e. The molecule has 1 fully saturated rings. The standard InChI is InChI=1S/C24H23ClFN5O3/c1-24(2)13-34-22(33)12-31(24)9-3-4-21(32)29-15-6-8-20-17(10-15)23(28-14-27-20)30-16-5-7-19(26)18(25)11-16/h3-8,10-11,14H,9,12-13H2,1-2H3,(H,29,32)(H,27,28,30). The zero-order valence-electron chi connectivity index (χ0n) is 18.6. The number of anilines is 3. The molecule has 2 aromatic carbocycles. The van der Waals surface area contributed by atoms with Crippen molar-refractivity contribution in [2.45, 2.75) is 19.4 Å². The van der Waals surface area contributed by atoms with Crippen molar-refractivity contribution in [1.29, 1.82) is 0 Å². The van der Waals surface area contributed by atoms with Crippen molar-refractivity contribution in [2.24, 2.45) is 0 Å². The summed E-state index contributed by atoms with van der Waals surface area (Å²) in [5.74, 6) is -0.614. The third-order valence-electron chi connectivity index (χ3n) is 5.44. The van der Waals surface area contributed by atoms with E-state index in [0.717, 1.165) is 0 Å². The lowest BCUT2D eigenvalue weighted by atomic mass is 10.0. The van der Waals surface area contributed by atoms with Crippen LogP contribution in [-0.2, 0) is 14.3 Å². The molecule has 176 valence electrons. The Morgan fingerprint density at radius 1 is 1.24 bits per heavy atom. The van der Waals surface area contributed by atoms with Gasteiger partial charge in [0, 0.05) is 29.4 Å². The molecule has 8 nitrogen and oxygen atoms in total. The maximum Gasteiger partial charge on any atom is 0.320 e. The Hall–Kier alpha value is -3.56. The number of morpholine rings is 1. The first-order valence-electron chi connectivity index (χ1n) is 10.6. The van der Waals surface area contributed by atoms with Crippen molar-refractivity contribution in [2.75, 3.05) is 30.3 Å². The van der Waals surface area contributed by atoms with Gasteiger partial charge >= 0.3 is 5.97 Å². The number of halogens is 2. The lowest BCUT2D eigenvalue weighted by Crippen LogP contribution is -2.54. The first-order valence-corrected chi connectivity index (χ1v) is 10.9. The Labute approximate surface area is 200 Å². The number of aromatic nitrogens is 2. The van der Waals surface area contributed by atoms with Crippen molar-refractivity contribution in [3.05, 3.63) is 65.7 Å². The number of hydrogen-bond acceptors (Lipinski definition) is 7. The van der Waals surface area contributed by atoms with Gasteiger partial charge in [-0.3, -0.25) is 14.5 Å². The first kappa shape index (κ1) is 23.6. The number of amides is 1. The molecular formula is C24H23ClFN5O3. The fraction of sp³-hybridized carbons (Fsp3) is 0.250. The van der Waals surface area contributed by atoms with E-state index in [9.17, 15) is 14.0 Å². The van der Waals surface area contributed by atoms with E-state index in [1.54, 1.807) is 30.3 Å². The summed E-state index contributed by atoms with van der Waals surface area (Å²) in [5.41, 5.74) is 1.48. The maximum absolute atomic E-state index is 13.5. The predicted octanol–water partition coefficient (Wildman–Crippen LogP) is 4.30. The Bertz CT molecular complexity index is 1280. The van der Waals surface area contributed by atoms with Gasteiger partial charge in [-0.1, -0.05) is 17.7 Å². The zero-order valence-corrected chi connectivity index (χ0v) is 19.4. The van der Waals surface area contributed by atoms with Gasteiger partial charge in [-0.2, -0.15) is 0 Å². The van der Waals surface area contributed by atoms with Crippen molar-refractivity contribution in [3.8, 4) is 0 Å². The Kier molecular flexibility index (Phi) is 6.76. The van der Waals surface area contributed by atoms with Crippen LogP contribution in [0.1, 0.15) is 13.8 Å². The van der Waals surface area contributed by atoms with Gasteiger partial charge in [0.2, 0.25) is 5.91 Å². The second kappa shape index (κ2) is 9.74. The Morgan fingerprint density at radius 2 is 2.03 bits per heavy atom. The topological polar surface area (TPSA) is 96.5 Å². The highest BCUT2D eigenvalue weighted by Crippen LogP contribution is 2.27. The van der Waals surface area contributed by atoms with Crippen LogP contribution in [0.15, 0.2) is 54.9 Å². The Morgan fingerprint density at radius 3 is 2.82 bits per heavy atom. The van der Waals surface area contributed by atoms with Crippen LogP contribution in [0, 0.1) is 5.82 Å². The van der Waals surface area contributed by atoms with Crippen LogP contribution in [0.5, 0.6) is 0 Å². The fourth-order valence-electron chi connectivity index (χ4n) is 3.49. The van der Waals surface area contributed by atoms with Gasteiger partial charge in [0.1, 0.15) is 24.6 Å². The summed E-state index contributed by atoms with van der Waals surface area (Å²) < 4.78 is 18.6. The number of hydrogen-bond donors (Lipinski definition) is 2. The van der Waals surface area contributed by atoms with Crippen LogP contribution in [0.2, 0.25) is 5.02 Å². The summed E-state index contributed by atoms with van der Waals surface area (Å²) >= 11 is 5.87. The summed E-state index contributed by atoms with van der Waals surface area (Å²) in [4.78, 5) is 34.5. The molecule has 1 saturated heterocycles. The predicted molar refractivity (Wildman–Crippen MR) is 129 cm³/mol. The molecule has 10 heteroatoms. The number of esters is 1. The van der Waals surface area contributed by atoms with Crippen molar-refractivity contribution >= 4 is 51.6 Å². The van der Waals surface area contributed by atoms with Crippen LogP contribution in [0.25, 0.3) is 10.9 Å². The second-order valence-electron chi connectivity index (χ2n) is 8.45. The van der Waals surface area contributed by atoms with Crippen LogP contribution in [-0.4, -0.2) is 52.0 Å². The molecule has 3 aromatic rings. The van der Waals surface area contributed by atoms with Gasteiger partial charge in [-0.15, -0.1) is 0 Å². The SMILES string of the molecule is CC1(C)COC(=O)CN1CC=CC(=O)Nc1ccc2ncnc(Nc3ccc(F)c(Cl)c3)c2c1. The average molecular weight is 484 g/mol. The molecule has 1 aromatic heterocycles. The molecular weight excluding hydrogens is 461 g/mol. The number of carbonyl (C=O) groups is 2. The van der Waals surface area contributed by atoms with Crippen LogP contribution < -0.4 is 10.6 Å². The minimum atomic E-state index is -0.512. The molecule has 0 aliphatic carbocycles. The molecule has 34 heavy (non-hydrogen) atoms. The van der Waals surface area contributed by atoms with Crippen LogP contribution in [0.3, 0.4) is 0 Å². The summed E-state index contributed by atoms with van der Waals surface area (Å²) in [5, 5.41) is 6.58. The smallest absolute Gasteiger partial charge is 0.320 e. The second-order valence-corrected chi connectivity index (χ2v) is 8.86. The van der Waals surface area contributed by atoms with E-state index in [1.165, 1.54) is 24.5 Å². The molecule has 0 unspecified atom stereocenters. The number of fused-ring (bicyclic) bond motifs is 1. The fourth-order valence-corrected chi connectivity index (χ4v) is 3.67. The number of nitrogens with zero attached hydrogens (tertiary/aromatic N) is 3. The molecule has 2 N–H and O–H groups in total. The number of rotatable bonds is 6. The molecule has 0 spiro atoms. The van der Waals surface area contributed by atoms with Crippen LogP contribution in [0.4, 0.5) is 21.6 Å². The molecule has 0 saturated carbocycles. The third kappa shape index (κ3) is 5.49. The van der Waals surface area contributed by atoms with Gasteiger partial charge < -0.3 is 15.4 Å².